The molecule has 0 spiro atoms. The monoisotopic (exact) mass is 234 g/mol. The van der Waals surface area contributed by atoms with E-state index in [4.69, 9.17) is 4.74 Å². The van der Waals surface area contributed by atoms with Gasteiger partial charge in [-0.15, -0.1) is 0 Å². The first-order chi connectivity index (χ1) is 8.22. The molecule has 1 aliphatic rings. The van der Waals surface area contributed by atoms with Crippen LogP contribution in [0.5, 0.6) is 0 Å². The zero-order chi connectivity index (χ0) is 12.3. The van der Waals surface area contributed by atoms with Crippen molar-refractivity contribution in [3.8, 4) is 0 Å². The zero-order valence-electron chi connectivity index (χ0n) is 10.3. The smallest absolute Gasteiger partial charge is 0.227 e. The second kappa shape index (κ2) is 5.19. The van der Waals surface area contributed by atoms with Crippen molar-refractivity contribution < 1.29 is 9.53 Å². The predicted octanol–water partition coefficient (Wildman–Crippen LogP) is 1.65. The molecular weight excluding hydrogens is 216 g/mol. The van der Waals surface area contributed by atoms with Gasteiger partial charge in [-0.05, 0) is 30.2 Å². The van der Waals surface area contributed by atoms with Crippen LogP contribution in [0.15, 0.2) is 18.2 Å². The average Bonchev–Trinajstić information content (AvgIpc) is 2.34. The minimum atomic E-state index is 0.192. The fraction of sp³-hybridized carbons (Fsp3) is 0.462. The van der Waals surface area contributed by atoms with Crippen molar-refractivity contribution in [3.05, 3.63) is 23.8 Å². The second-order valence-electron chi connectivity index (χ2n) is 4.22. The number of hydrogen-bond donors (Lipinski definition) is 1. The number of nitrogens with zero attached hydrogens (tertiary/aromatic N) is 1. The molecule has 0 saturated heterocycles. The largest absolute Gasteiger partial charge is 0.383 e. The van der Waals surface area contributed by atoms with Gasteiger partial charge in [0.15, 0.2) is 0 Å². The number of nitrogens with one attached hydrogen (secondary N) is 1. The molecule has 0 bridgehead atoms. The first-order valence-electron chi connectivity index (χ1n) is 5.84. The molecule has 1 amide bonds. The molecule has 1 aliphatic heterocycles. The predicted molar refractivity (Wildman–Crippen MR) is 68.5 cm³/mol. The summed E-state index contributed by atoms with van der Waals surface area (Å²) in [6.07, 6.45) is 1.43. The molecule has 0 aromatic heterocycles. The van der Waals surface area contributed by atoms with Crippen molar-refractivity contribution in [1.82, 2.24) is 0 Å². The molecule has 2 rings (SSSR count). The van der Waals surface area contributed by atoms with Gasteiger partial charge < -0.3 is 15.0 Å². The standard InChI is InChI=1S/C13H18N2O2/c1-15-12-5-4-11(14-7-8-17-2)9-10(12)3-6-13(15)16/h4-5,9,14H,3,6-8H2,1-2H3. The van der Waals surface area contributed by atoms with Crippen molar-refractivity contribution in [3.63, 3.8) is 0 Å². The van der Waals surface area contributed by atoms with E-state index >= 15 is 0 Å². The quantitative estimate of drug-likeness (QED) is 0.805. The number of ether oxygens (including phenoxy) is 1. The van der Waals surface area contributed by atoms with Gasteiger partial charge in [0.1, 0.15) is 0 Å². The molecule has 4 nitrogen and oxygen atoms in total. The van der Waals surface area contributed by atoms with Crippen LogP contribution in [0.1, 0.15) is 12.0 Å². The number of carbonyl (C=O) groups is 1. The number of rotatable bonds is 4. The van der Waals surface area contributed by atoms with Crippen molar-refractivity contribution in [2.24, 2.45) is 0 Å². The summed E-state index contributed by atoms with van der Waals surface area (Å²) in [5.74, 6) is 0.192. The summed E-state index contributed by atoms with van der Waals surface area (Å²) in [5.41, 5.74) is 3.34. The number of fused-ring (bicyclic) bond motifs is 1. The minimum Gasteiger partial charge on any atom is -0.383 e. The van der Waals surface area contributed by atoms with E-state index in [9.17, 15) is 4.79 Å². The number of methoxy groups -OCH3 is 1. The summed E-state index contributed by atoms with van der Waals surface area (Å²) in [6.45, 7) is 1.49. The Morgan fingerprint density at radius 3 is 3.00 bits per heavy atom. The van der Waals surface area contributed by atoms with Crippen LogP contribution in [0.4, 0.5) is 11.4 Å². The Kier molecular flexibility index (Phi) is 3.64. The summed E-state index contributed by atoms with van der Waals surface area (Å²) in [6, 6.07) is 6.12. The number of anilines is 2. The Labute approximate surface area is 102 Å². The normalized spacial score (nSPS) is 14.7. The molecule has 1 aromatic carbocycles. The molecule has 0 atom stereocenters. The SMILES string of the molecule is COCCNc1ccc2c(c1)CCC(=O)N2C. The highest BCUT2D eigenvalue weighted by Gasteiger charge is 2.20. The van der Waals surface area contributed by atoms with Crippen LogP contribution in [0.3, 0.4) is 0 Å². The first-order valence-corrected chi connectivity index (χ1v) is 5.84. The molecule has 0 radical (unpaired) electrons. The van der Waals surface area contributed by atoms with Gasteiger partial charge in [-0.25, -0.2) is 0 Å². The van der Waals surface area contributed by atoms with Gasteiger partial charge in [-0.3, -0.25) is 4.79 Å². The molecule has 0 unspecified atom stereocenters. The molecule has 1 heterocycles. The van der Waals surface area contributed by atoms with Crippen molar-refractivity contribution in [1.29, 1.82) is 0 Å². The molecule has 4 heteroatoms. The number of amides is 1. The first kappa shape index (κ1) is 11.9. The molecule has 0 fully saturated rings. The molecule has 1 N–H and O–H groups in total. The fourth-order valence-electron chi connectivity index (χ4n) is 2.06. The van der Waals surface area contributed by atoms with E-state index in [1.165, 1.54) is 5.56 Å². The van der Waals surface area contributed by atoms with Gasteiger partial charge in [0, 0.05) is 38.5 Å². The lowest BCUT2D eigenvalue weighted by Gasteiger charge is -2.26. The fourth-order valence-corrected chi connectivity index (χ4v) is 2.06. The summed E-state index contributed by atoms with van der Waals surface area (Å²) in [5, 5.41) is 3.29. The number of aryl methyl sites for hydroxylation is 1. The van der Waals surface area contributed by atoms with Crippen LogP contribution in [-0.4, -0.2) is 33.2 Å². The van der Waals surface area contributed by atoms with Crippen LogP contribution in [-0.2, 0) is 16.0 Å². The highest BCUT2D eigenvalue weighted by molar-refractivity contribution is 5.96. The van der Waals surface area contributed by atoms with Crippen molar-refractivity contribution in [2.75, 3.05) is 37.5 Å². The van der Waals surface area contributed by atoms with Crippen LogP contribution in [0.25, 0.3) is 0 Å². The van der Waals surface area contributed by atoms with E-state index in [-0.39, 0.29) is 5.91 Å². The van der Waals surface area contributed by atoms with E-state index in [0.29, 0.717) is 13.0 Å². The van der Waals surface area contributed by atoms with Gasteiger partial charge in [-0.1, -0.05) is 0 Å². The Hall–Kier alpha value is -1.55. The molecule has 17 heavy (non-hydrogen) atoms. The maximum atomic E-state index is 11.5. The topological polar surface area (TPSA) is 41.6 Å². The third kappa shape index (κ3) is 2.58. The summed E-state index contributed by atoms with van der Waals surface area (Å²) < 4.78 is 4.99. The molecule has 92 valence electrons. The lowest BCUT2D eigenvalue weighted by Crippen LogP contribution is -2.31. The Balaban J connectivity index is 2.12. The van der Waals surface area contributed by atoms with E-state index < -0.39 is 0 Å². The molecule has 1 aromatic rings. The maximum absolute atomic E-state index is 11.5. The van der Waals surface area contributed by atoms with Crippen molar-refractivity contribution >= 4 is 17.3 Å². The highest BCUT2D eigenvalue weighted by Crippen LogP contribution is 2.29. The van der Waals surface area contributed by atoms with Gasteiger partial charge in [0.25, 0.3) is 0 Å². The Morgan fingerprint density at radius 1 is 1.41 bits per heavy atom. The summed E-state index contributed by atoms with van der Waals surface area (Å²) in [7, 11) is 3.52. The highest BCUT2D eigenvalue weighted by atomic mass is 16.5. The van der Waals surface area contributed by atoms with Gasteiger partial charge in [-0.2, -0.15) is 0 Å². The number of hydrogen-bond acceptors (Lipinski definition) is 3. The third-order valence-corrected chi connectivity index (χ3v) is 3.06. The second-order valence-corrected chi connectivity index (χ2v) is 4.22. The van der Waals surface area contributed by atoms with Crippen LogP contribution >= 0.6 is 0 Å². The van der Waals surface area contributed by atoms with Crippen LogP contribution in [0, 0.1) is 0 Å². The zero-order valence-corrected chi connectivity index (χ0v) is 10.3. The van der Waals surface area contributed by atoms with E-state index in [2.05, 4.69) is 11.4 Å². The Morgan fingerprint density at radius 2 is 2.24 bits per heavy atom. The lowest BCUT2D eigenvalue weighted by molar-refractivity contribution is -0.118. The molecule has 0 aliphatic carbocycles. The van der Waals surface area contributed by atoms with E-state index in [0.717, 1.165) is 24.3 Å². The van der Waals surface area contributed by atoms with E-state index in [1.807, 2.05) is 19.2 Å². The number of benzene rings is 1. The maximum Gasteiger partial charge on any atom is 0.227 e. The van der Waals surface area contributed by atoms with Gasteiger partial charge in [0.05, 0.1) is 6.61 Å². The Bertz CT molecular complexity index is 418. The van der Waals surface area contributed by atoms with Gasteiger partial charge >= 0.3 is 0 Å². The van der Waals surface area contributed by atoms with Crippen molar-refractivity contribution in [2.45, 2.75) is 12.8 Å². The molecule has 0 saturated carbocycles. The third-order valence-electron chi connectivity index (χ3n) is 3.06. The summed E-state index contributed by atoms with van der Waals surface area (Å²) in [4.78, 5) is 13.3. The average molecular weight is 234 g/mol. The van der Waals surface area contributed by atoms with Crippen LogP contribution < -0.4 is 10.2 Å². The van der Waals surface area contributed by atoms with Crippen LogP contribution in [0.2, 0.25) is 0 Å². The number of carbonyl (C=O) groups excluding carboxylic acids is 1. The minimum absolute atomic E-state index is 0.192. The lowest BCUT2D eigenvalue weighted by atomic mass is 10.0. The summed E-state index contributed by atoms with van der Waals surface area (Å²) >= 11 is 0. The van der Waals surface area contributed by atoms with Gasteiger partial charge in [0.2, 0.25) is 5.91 Å². The van der Waals surface area contributed by atoms with E-state index in [1.54, 1.807) is 12.0 Å². The molecular formula is C13H18N2O2.